The number of likely N-dealkylation sites (N-methyl/N-ethyl adjacent to an activating group) is 1. The van der Waals surface area contributed by atoms with Crippen LogP contribution in [0.4, 0.5) is 5.69 Å². The normalized spacial score (nSPS) is 12.0. The fraction of sp³-hybridized carbons (Fsp3) is 0.375. The number of carbonyl (C=O) groups excluding carboxylic acids is 1. The molecule has 0 saturated carbocycles. The Hall–Kier alpha value is -2.30. The van der Waals surface area contributed by atoms with E-state index in [1.807, 2.05) is 49.0 Å². The zero-order chi connectivity index (χ0) is 15.2. The summed E-state index contributed by atoms with van der Waals surface area (Å²) in [7, 11) is 1.93. The minimum atomic E-state index is 0.0569. The van der Waals surface area contributed by atoms with Gasteiger partial charge in [-0.1, -0.05) is 12.1 Å². The molecule has 1 aromatic heterocycles. The maximum absolute atomic E-state index is 11.5. The average molecular weight is 286 g/mol. The number of benzene rings is 1. The third-order valence-corrected chi connectivity index (χ3v) is 3.38. The lowest BCUT2D eigenvalue weighted by molar-refractivity contribution is -0.120. The second kappa shape index (κ2) is 6.92. The molecule has 1 heterocycles. The smallest absolute Gasteiger partial charge is 0.224 e. The topological polar surface area (TPSA) is 59.0 Å². The first-order valence-corrected chi connectivity index (χ1v) is 7.20. The standard InChI is InChI=1S/C16H22N4O/c1-4-17-16(21)11-13-5-7-14(8-6-13)19-12(2)15-9-10-18-20(15)3/h5-10,12,19H,4,11H2,1-3H3,(H,17,21). The number of hydrogen-bond acceptors (Lipinski definition) is 3. The highest BCUT2D eigenvalue weighted by atomic mass is 16.1. The van der Waals surface area contributed by atoms with Gasteiger partial charge in [0.15, 0.2) is 0 Å². The number of aromatic nitrogens is 2. The molecule has 0 bridgehead atoms. The van der Waals surface area contributed by atoms with Gasteiger partial charge in [-0.2, -0.15) is 5.10 Å². The van der Waals surface area contributed by atoms with Gasteiger partial charge in [0.25, 0.3) is 0 Å². The summed E-state index contributed by atoms with van der Waals surface area (Å²) < 4.78 is 1.86. The summed E-state index contributed by atoms with van der Waals surface area (Å²) in [5.41, 5.74) is 3.17. The van der Waals surface area contributed by atoms with Crippen molar-refractivity contribution in [3.63, 3.8) is 0 Å². The Kier molecular flexibility index (Phi) is 4.98. The van der Waals surface area contributed by atoms with Gasteiger partial charge < -0.3 is 10.6 Å². The van der Waals surface area contributed by atoms with Crippen LogP contribution in [-0.2, 0) is 18.3 Å². The molecule has 1 aromatic carbocycles. The van der Waals surface area contributed by atoms with Crippen LogP contribution in [0.15, 0.2) is 36.5 Å². The predicted molar refractivity (Wildman–Crippen MR) is 84.1 cm³/mol. The Morgan fingerprint density at radius 1 is 1.29 bits per heavy atom. The summed E-state index contributed by atoms with van der Waals surface area (Å²) in [6.45, 7) is 4.69. The summed E-state index contributed by atoms with van der Waals surface area (Å²) >= 11 is 0. The van der Waals surface area contributed by atoms with Crippen molar-refractivity contribution in [3.8, 4) is 0 Å². The molecule has 5 heteroatoms. The molecule has 0 aliphatic rings. The maximum atomic E-state index is 11.5. The van der Waals surface area contributed by atoms with Crippen molar-refractivity contribution < 1.29 is 4.79 Å². The Morgan fingerprint density at radius 2 is 2.00 bits per heavy atom. The van der Waals surface area contributed by atoms with Gasteiger partial charge in [-0.15, -0.1) is 0 Å². The van der Waals surface area contributed by atoms with Gasteiger partial charge in [-0.05, 0) is 37.6 Å². The van der Waals surface area contributed by atoms with Crippen molar-refractivity contribution in [1.82, 2.24) is 15.1 Å². The predicted octanol–water partition coefficient (Wildman–Crippen LogP) is 2.27. The zero-order valence-electron chi connectivity index (χ0n) is 12.8. The van der Waals surface area contributed by atoms with Crippen molar-refractivity contribution in [2.75, 3.05) is 11.9 Å². The highest BCUT2D eigenvalue weighted by molar-refractivity contribution is 5.78. The van der Waals surface area contributed by atoms with E-state index in [9.17, 15) is 4.79 Å². The Morgan fingerprint density at radius 3 is 2.57 bits per heavy atom. The van der Waals surface area contributed by atoms with E-state index in [0.29, 0.717) is 13.0 Å². The fourth-order valence-electron chi connectivity index (χ4n) is 2.30. The lowest BCUT2D eigenvalue weighted by atomic mass is 10.1. The van der Waals surface area contributed by atoms with E-state index in [4.69, 9.17) is 0 Å². The summed E-state index contributed by atoms with van der Waals surface area (Å²) in [4.78, 5) is 11.5. The average Bonchev–Trinajstić information content (AvgIpc) is 2.87. The first kappa shape index (κ1) is 15.1. The SMILES string of the molecule is CCNC(=O)Cc1ccc(NC(C)c2ccnn2C)cc1. The van der Waals surface area contributed by atoms with Crippen molar-refractivity contribution in [1.29, 1.82) is 0 Å². The molecule has 0 aliphatic carbocycles. The Bertz CT molecular complexity index is 589. The van der Waals surface area contributed by atoms with Gasteiger partial charge in [0, 0.05) is 25.5 Å². The van der Waals surface area contributed by atoms with E-state index in [2.05, 4.69) is 22.7 Å². The minimum Gasteiger partial charge on any atom is -0.377 e. The third-order valence-electron chi connectivity index (χ3n) is 3.38. The van der Waals surface area contributed by atoms with Crippen LogP contribution >= 0.6 is 0 Å². The summed E-state index contributed by atoms with van der Waals surface area (Å²) in [5, 5.41) is 10.4. The van der Waals surface area contributed by atoms with Crippen molar-refractivity contribution in [3.05, 3.63) is 47.8 Å². The van der Waals surface area contributed by atoms with Crippen LogP contribution in [0.5, 0.6) is 0 Å². The number of hydrogen-bond donors (Lipinski definition) is 2. The van der Waals surface area contributed by atoms with Crippen LogP contribution in [-0.4, -0.2) is 22.2 Å². The van der Waals surface area contributed by atoms with E-state index >= 15 is 0 Å². The molecule has 2 rings (SSSR count). The summed E-state index contributed by atoms with van der Waals surface area (Å²) in [6, 6.07) is 10.1. The number of rotatable bonds is 6. The zero-order valence-corrected chi connectivity index (χ0v) is 12.8. The third kappa shape index (κ3) is 4.08. The van der Waals surface area contributed by atoms with Gasteiger partial charge in [0.05, 0.1) is 18.2 Å². The molecule has 2 N–H and O–H groups in total. The maximum Gasteiger partial charge on any atom is 0.224 e. The van der Waals surface area contributed by atoms with Gasteiger partial charge >= 0.3 is 0 Å². The van der Waals surface area contributed by atoms with Crippen LogP contribution in [0, 0.1) is 0 Å². The molecule has 5 nitrogen and oxygen atoms in total. The minimum absolute atomic E-state index is 0.0569. The number of amides is 1. The molecule has 2 aromatic rings. The monoisotopic (exact) mass is 286 g/mol. The second-order valence-electron chi connectivity index (χ2n) is 5.07. The van der Waals surface area contributed by atoms with Gasteiger partial charge in [0.2, 0.25) is 5.91 Å². The Balaban J connectivity index is 1.96. The first-order chi connectivity index (χ1) is 10.1. The highest BCUT2D eigenvalue weighted by Crippen LogP contribution is 2.19. The fourth-order valence-corrected chi connectivity index (χ4v) is 2.30. The largest absolute Gasteiger partial charge is 0.377 e. The molecule has 21 heavy (non-hydrogen) atoms. The van der Waals surface area contributed by atoms with Crippen molar-refractivity contribution >= 4 is 11.6 Å². The van der Waals surface area contributed by atoms with E-state index in [1.54, 1.807) is 6.20 Å². The van der Waals surface area contributed by atoms with Crippen LogP contribution < -0.4 is 10.6 Å². The van der Waals surface area contributed by atoms with E-state index in [0.717, 1.165) is 16.9 Å². The lowest BCUT2D eigenvalue weighted by Crippen LogP contribution is -2.24. The van der Waals surface area contributed by atoms with Crippen LogP contribution in [0.25, 0.3) is 0 Å². The molecular formula is C16H22N4O. The molecule has 0 aliphatic heterocycles. The Labute approximate surface area is 125 Å². The van der Waals surface area contributed by atoms with E-state index < -0.39 is 0 Å². The van der Waals surface area contributed by atoms with Crippen LogP contribution in [0.1, 0.15) is 31.1 Å². The van der Waals surface area contributed by atoms with Crippen LogP contribution in [0.3, 0.4) is 0 Å². The molecular weight excluding hydrogens is 264 g/mol. The quantitative estimate of drug-likeness (QED) is 0.856. The van der Waals surface area contributed by atoms with Gasteiger partial charge in [0.1, 0.15) is 0 Å². The summed E-state index contributed by atoms with van der Waals surface area (Å²) in [5.74, 6) is 0.0569. The number of aryl methyl sites for hydroxylation is 1. The van der Waals surface area contributed by atoms with E-state index in [1.165, 1.54) is 0 Å². The number of nitrogens with zero attached hydrogens (tertiary/aromatic N) is 2. The number of nitrogens with one attached hydrogen (secondary N) is 2. The molecule has 0 spiro atoms. The molecule has 0 fully saturated rings. The number of carbonyl (C=O) groups is 1. The molecule has 1 atom stereocenters. The lowest BCUT2D eigenvalue weighted by Gasteiger charge is -2.16. The first-order valence-electron chi connectivity index (χ1n) is 7.20. The molecule has 0 radical (unpaired) electrons. The van der Waals surface area contributed by atoms with E-state index in [-0.39, 0.29) is 11.9 Å². The van der Waals surface area contributed by atoms with Crippen molar-refractivity contribution in [2.45, 2.75) is 26.3 Å². The van der Waals surface area contributed by atoms with Gasteiger partial charge in [-0.3, -0.25) is 9.48 Å². The van der Waals surface area contributed by atoms with Crippen molar-refractivity contribution in [2.24, 2.45) is 7.05 Å². The molecule has 0 saturated heterocycles. The summed E-state index contributed by atoms with van der Waals surface area (Å²) in [6.07, 6.45) is 2.22. The van der Waals surface area contributed by atoms with Gasteiger partial charge in [-0.25, -0.2) is 0 Å². The highest BCUT2D eigenvalue weighted by Gasteiger charge is 2.09. The number of anilines is 1. The molecule has 1 unspecified atom stereocenters. The molecule has 1 amide bonds. The molecule has 112 valence electrons. The second-order valence-corrected chi connectivity index (χ2v) is 5.07. The van der Waals surface area contributed by atoms with Crippen LogP contribution in [0.2, 0.25) is 0 Å².